The van der Waals surface area contributed by atoms with Gasteiger partial charge < -0.3 is 53.9 Å². The molecule has 1 saturated carbocycles. The average molecular weight is 1130 g/mol. The van der Waals surface area contributed by atoms with Crippen LogP contribution in [0.15, 0.2) is 48.6 Å². The third kappa shape index (κ3) is 37.6. The molecule has 8 atom stereocenters. The molecular formula is C47H86O22P4. The van der Waals surface area contributed by atoms with Gasteiger partial charge in [-0.3, -0.25) is 32.2 Å². The van der Waals surface area contributed by atoms with Crippen LogP contribution >= 0.6 is 31.3 Å². The average Bonchev–Trinajstić information content (AvgIpc) is 3.30. The fraction of sp³-hybridized carbons (Fsp3) is 0.787. The second-order valence-electron chi connectivity index (χ2n) is 18.0. The number of ether oxygens (including phenoxy) is 2. The maximum absolute atomic E-state index is 13.3. The Morgan fingerprint density at radius 2 is 0.808 bits per heavy atom. The highest BCUT2D eigenvalue weighted by Crippen LogP contribution is 2.53. The van der Waals surface area contributed by atoms with Gasteiger partial charge in [-0.1, -0.05) is 165 Å². The van der Waals surface area contributed by atoms with Gasteiger partial charge in [0.05, 0.1) is 6.61 Å². The molecular weight excluding hydrogens is 1040 g/mol. The van der Waals surface area contributed by atoms with Crippen LogP contribution in [0.3, 0.4) is 0 Å². The van der Waals surface area contributed by atoms with E-state index >= 15 is 0 Å². The molecule has 1 fully saturated rings. The number of aliphatic hydroxyl groups is 2. The summed E-state index contributed by atoms with van der Waals surface area (Å²) in [6, 6.07) is 0. The Bertz CT molecular complexity index is 1770. The van der Waals surface area contributed by atoms with E-state index in [4.69, 9.17) is 18.5 Å². The normalized spacial score (nSPS) is 21.4. The first kappa shape index (κ1) is 69.3. The Morgan fingerprint density at radius 3 is 1.25 bits per heavy atom. The van der Waals surface area contributed by atoms with Crippen molar-refractivity contribution in [2.45, 2.75) is 224 Å². The number of aliphatic hydroxyl groups excluding tert-OH is 2. The summed E-state index contributed by atoms with van der Waals surface area (Å²) in [7, 11) is -23.0. The molecule has 9 N–H and O–H groups in total. The highest BCUT2D eigenvalue weighted by molar-refractivity contribution is 7.47. The predicted molar refractivity (Wildman–Crippen MR) is 272 cm³/mol. The number of carbonyl (C=O) groups is 2. The largest absolute Gasteiger partial charge is 0.472 e. The lowest BCUT2D eigenvalue weighted by molar-refractivity contribution is -0.209. The summed E-state index contributed by atoms with van der Waals surface area (Å²) < 4.78 is 82.2. The van der Waals surface area contributed by atoms with Crippen molar-refractivity contribution in [3.63, 3.8) is 0 Å². The molecule has 0 spiro atoms. The topological polar surface area (TPSA) is 349 Å². The second-order valence-corrected chi connectivity index (χ2v) is 23.0. The molecule has 6 unspecified atom stereocenters. The number of hydrogen-bond donors (Lipinski definition) is 9. The number of hydrogen-bond acceptors (Lipinski definition) is 15. The van der Waals surface area contributed by atoms with Crippen LogP contribution in [0.5, 0.6) is 0 Å². The first-order valence-corrected chi connectivity index (χ1v) is 31.8. The van der Waals surface area contributed by atoms with Gasteiger partial charge >= 0.3 is 43.2 Å². The summed E-state index contributed by atoms with van der Waals surface area (Å²) >= 11 is 0. The highest BCUT2D eigenvalue weighted by Gasteiger charge is 2.59. The van der Waals surface area contributed by atoms with Gasteiger partial charge in [0.1, 0.15) is 43.2 Å². The van der Waals surface area contributed by atoms with Gasteiger partial charge in [0, 0.05) is 12.8 Å². The molecule has 26 heteroatoms. The van der Waals surface area contributed by atoms with Gasteiger partial charge in [-0.2, -0.15) is 0 Å². The van der Waals surface area contributed by atoms with Crippen LogP contribution in [0.1, 0.15) is 181 Å². The summed E-state index contributed by atoms with van der Waals surface area (Å²) in [6.07, 6.45) is 23.2. The third-order valence-corrected chi connectivity index (χ3v) is 13.9. The van der Waals surface area contributed by atoms with Crippen LogP contribution < -0.4 is 0 Å². The van der Waals surface area contributed by atoms with E-state index in [2.05, 4.69) is 51.7 Å². The van der Waals surface area contributed by atoms with E-state index in [-0.39, 0.29) is 12.8 Å². The van der Waals surface area contributed by atoms with Crippen molar-refractivity contribution in [1.29, 1.82) is 0 Å². The Labute approximate surface area is 431 Å². The minimum atomic E-state index is -5.80. The van der Waals surface area contributed by atoms with Crippen molar-refractivity contribution in [2.24, 2.45) is 0 Å². The number of esters is 2. The van der Waals surface area contributed by atoms with Gasteiger partial charge in [0.15, 0.2) is 6.10 Å². The van der Waals surface area contributed by atoms with E-state index in [0.717, 1.165) is 51.4 Å². The number of carbonyl (C=O) groups excluding carboxylic acids is 2. The van der Waals surface area contributed by atoms with Crippen LogP contribution in [0.4, 0.5) is 0 Å². The van der Waals surface area contributed by atoms with Crippen molar-refractivity contribution in [1.82, 2.24) is 0 Å². The van der Waals surface area contributed by atoms with Crippen molar-refractivity contribution in [2.75, 3.05) is 13.2 Å². The fourth-order valence-electron chi connectivity index (χ4n) is 7.66. The van der Waals surface area contributed by atoms with Crippen molar-refractivity contribution >= 4 is 43.2 Å². The number of allylic oxidation sites excluding steroid dienone is 8. The first-order valence-electron chi connectivity index (χ1n) is 25.7. The Kier molecular flexibility index (Phi) is 37.6. The number of rotatable bonds is 44. The lowest BCUT2D eigenvalue weighted by Crippen LogP contribution is -2.65. The van der Waals surface area contributed by atoms with Crippen LogP contribution in [-0.4, -0.2) is 112 Å². The summed E-state index contributed by atoms with van der Waals surface area (Å²) in [5, 5.41) is 21.9. The predicted octanol–water partition coefficient (Wildman–Crippen LogP) is 9.52. The molecule has 22 nitrogen and oxygen atoms in total. The monoisotopic (exact) mass is 1130 g/mol. The molecule has 1 aliphatic rings. The van der Waals surface area contributed by atoms with E-state index in [1.807, 2.05) is 24.3 Å². The number of unbranched alkanes of at least 4 members (excludes halogenated alkanes) is 18. The molecule has 0 bridgehead atoms. The lowest BCUT2D eigenvalue weighted by Gasteiger charge is -2.45. The van der Waals surface area contributed by atoms with Gasteiger partial charge in [-0.05, 0) is 51.4 Å². The maximum Gasteiger partial charge on any atom is 0.472 e. The van der Waals surface area contributed by atoms with E-state index in [1.165, 1.54) is 77.0 Å². The zero-order valence-electron chi connectivity index (χ0n) is 42.6. The van der Waals surface area contributed by atoms with Gasteiger partial charge in [-0.25, -0.2) is 18.3 Å². The fourth-order valence-corrected chi connectivity index (χ4v) is 10.3. The Hall–Kier alpha value is -1.74. The number of phosphoric ester groups is 4. The van der Waals surface area contributed by atoms with Gasteiger partial charge in [-0.15, -0.1) is 0 Å². The molecule has 0 aromatic rings. The minimum absolute atomic E-state index is 0.0241. The Morgan fingerprint density at radius 1 is 0.438 bits per heavy atom. The zero-order valence-corrected chi connectivity index (χ0v) is 46.2. The second kappa shape index (κ2) is 39.6. The molecule has 0 amide bonds. The third-order valence-electron chi connectivity index (χ3n) is 11.4. The van der Waals surface area contributed by atoms with Crippen molar-refractivity contribution < 1.29 is 104 Å². The van der Waals surface area contributed by atoms with Crippen LogP contribution in [0.2, 0.25) is 0 Å². The van der Waals surface area contributed by atoms with E-state index in [0.29, 0.717) is 25.7 Å². The summed E-state index contributed by atoms with van der Waals surface area (Å²) in [5.41, 5.74) is 0. The van der Waals surface area contributed by atoms with E-state index in [9.17, 15) is 72.3 Å². The van der Waals surface area contributed by atoms with Gasteiger partial charge in [0.2, 0.25) is 0 Å². The standard InChI is InChI=1S/C47H86O22P4/c1-3-5-7-9-11-13-15-17-19-20-22-24-26-28-30-32-34-36-41(49)65-39(37-63-40(48)35-33-31-29-27-25-23-21-18-16-14-12-10-8-6-4-2)38-64-73(61,62)69-44-42(50)45(66-70(52,53)54)47(68-72(58,59)60)46(43(44)51)67-71(55,56)57/h11,13,17,19,22,24,28,30,39,42-47,50-51H,3-10,12,14-16,18,20-21,23,25-27,29,31-38H2,1-2H3,(H,61,62)(H2,52,53,54)(H2,55,56,57)(H2,58,59,60)/b13-11-,19-17-,24-22-,30-28-/t39-,42?,43?,44?,45+,46?,47?/m1/s1. The molecule has 0 saturated heterocycles. The summed E-state index contributed by atoms with van der Waals surface area (Å²) in [5.74, 6) is -1.46. The quantitative estimate of drug-likeness (QED) is 0.0119. The zero-order chi connectivity index (χ0) is 54.6. The van der Waals surface area contributed by atoms with Crippen LogP contribution in [0.25, 0.3) is 0 Å². The minimum Gasteiger partial charge on any atom is -0.462 e. The highest BCUT2D eigenvalue weighted by atomic mass is 31.2. The van der Waals surface area contributed by atoms with E-state index < -0.39 is 99.2 Å². The van der Waals surface area contributed by atoms with E-state index in [1.54, 1.807) is 0 Å². The molecule has 1 rings (SSSR count). The van der Waals surface area contributed by atoms with Gasteiger partial charge in [0.25, 0.3) is 0 Å². The molecule has 0 aromatic heterocycles. The first-order chi connectivity index (χ1) is 34.5. The van der Waals surface area contributed by atoms with Crippen molar-refractivity contribution in [3.8, 4) is 0 Å². The molecule has 0 heterocycles. The van der Waals surface area contributed by atoms with Crippen LogP contribution in [-0.2, 0) is 59.9 Å². The van der Waals surface area contributed by atoms with Crippen LogP contribution in [0, 0.1) is 0 Å². The smallest absolute Gasteiger partial charge is 0.462 e. The summed E-state index contributed by atoms with van der Waals surface area (Å²) in [6.45, 7) is 2.70. The lowest BCUT2D eigenvalue weighted by atomic mass is 9.85. The van der Waals surface area contributed by atoms with Crippen molar-refractivity contribution in [3.05, 3.63) is 48.6 Å². The molecule has 0 aromatic carbocycles. The SMILES string of the molecule is CCCCC/C=C\C/C=C\C/C=C\C/C=C\CCCC(=O)O[C@H](COC(=O)CCCCCCCCCCCCCCCCC)COP(=O)(O)OC1C(O)C(OP(=O)(O)O)C(OP(=O)(O)O)[C@@H](OP(=O)(O)O)C1O. The summed E-state index contributed by atoms with van der Waals surface area (Å²) in [4.78, 5) is 93.0. The molecule has 73 heavy (non-hydrogen) atoms. The molecule has 1 aliphatic carbocycles. The molecule has 426 valence electrons. The number of phosphoric acid groups is 4. The molecule has 0 aliphatic heterocycles. The molecule has 0 radical (unpaired) electrons. The Balaban J connectivity index is 2.90. The maximum atomic E-state index is 13.3.